The second-order valence-corrected chi connectivity index (χ2v) is 19.5. The topological polar surface area (TPSA) is 109 Å². The minimum Gasteiger partial charge on any atom is -0.411 e. The fourth-order valence-corrected chi connectivity index (χ4v) is 5.90. The van der Waals surface area contributed by atoms with Crippen LogP contribution in [-0.4, -0.2) is 42.0 Å². The molecule has 2 atom stereocenters. The Morgan fingerprint density at radius 2 is 1.80 bits per heavy atom. The van der Waals surface area contributed by atoms with Gasteiger partial charge < -0.3 is 4.43 Å². The second kappa shape index (κ2) is 12.2. The molecule has 220 valence electrons. The molecule has 0 saturated carbocycles. The molecule has 0 fully saturated rings. The van der Waals surface area contributed by atoms with Crippen LogP contribution in [0.15, 0.2) is 55.0 Å². The second-order valence-electron chi connectivity index (χ2n) is 12.9. The molecular weight excluding hydrogens is 549 g/mol. The Labute approximate surface area is 247 Å². The van der Waals surface area contributed by atoms with E-state index in [1.807, 2.05) is 55.2 Å². The molecule has 0 spiro atoms. The molecule has 4 aromatic rings. The number of rotatable bonds is 11. The average molecular weight is 593 g/mol. The van der Waals surface area contributed by atoms with Crippen LogP contribution in [0.4, 0.5) is 0 Å². The standard InChI is InChI=1S/C31H44N6O2SSi/c1-9-11-23(17-31(5,6)40(32)38)27-20-33-19-26(36-27)22-14-15-24-18-34-37(28(24)16-22)29-13-10-12-25(35-29)21-39-41(7,8)30(2,3)4/h10,12-16,18-20,23H,9,11,17,21,32H2,1-8H3/t23-,40?/m0/s1. The molecule has 0 saturated heterocycles. The number of nitrogens with two attached hydrogens (primary N) is 1. The van der Waals surface area contributed by atoms with Crippen LogP contribution in [-0.2, 0) is 22.0 Å². The maximum absolute atomic E-state index is 12.1. The number of benzene rings is 1. The molecule has 4 rings (SSSR count). The largest absolute Gasteiger partial charge is 0.411 e. The first-order chi connectivity index (χ1) is 19.2. The first kappa shape index (κ1) is 31.1. The van der Waals surface area contributed by atoms with Gasteiger partial charge in [0.2, 0.25) is 0 Å². The van der Waals surface area contributed by atoms with Crippen LogP contribution < -0.4 is 5.14 Å². The number of nitrogens with zero attached hydrogens (tertiary/aromatic N) is 5. The zero-order chi connectivity index (χ0) is 30.0. The van der Waals surface area contributed by atoms with Crippen molar-refractivity contribution in [2.45, 2.75) is 96.2 Å². The van der Waals surface area contributed by atoms with Gasteiger partial charge in [-0.3, -0.25) is 10.1 Å². The lowest BCUT2D eigenvalue weighted by Gasteiger charge is -2.36. The summed E-state index contributed by atoms with van der Waals surface area (Å²) in [6.07, 6.45) is 8.05. The van der Waals surface area contributed by atoms with Gasteiger partial charge in [-0.25, -0.2) is 18.9 Å². The molecule has 1 aromatic carbocycles. The molecule has 3 aromatic heterocycles. The van der Waals surface area contributed by atoms with Crippen molar-refractivity contribution in [2.24, 2.45) is 5.14 Å². The van der Waals surface area contributed by atoms with Crippen LogP contribution in [0.25, 0.3) is 28.0 Å². The monoisotopic (exact) mass is 592 g/mol. The van der Waals surface area contributed by atoms with Crippen LogP contribution in [0.3, 0.4) is 0 Å². The van der Waals surface area contributed by atoms with Crippen molar-refractivity contribution in [3.63, 3.8) is 0 Å². The number of hydrogen-bond acceptors (Lipinski definition) is 6. The lowest BCUT2D eigenvalue weighted by atomic mass is 9.90. The van der Waals surface area contributed by atoms with Crippen molar-refractivity contribution in [3.05, 3.63) is 66.4 Å². The Morgan fingerprint density at radius 1 is 1.05 bits per heavy atom. The summed E-state index contributed by atoms with van der Waals surface area (Å²) in [6.45, 7) is 17.7. The zero-order valence-corrected chi connectivity index (χ0v) is 27.5. The number of aromatic nitrogens is 5. The predicted octanol–water partition coefficient (Wildman–Crippen LogP) is 7.07. The summed E-state index contributed by atoms with van der Waals surface area (Å²) in [5, 5.41) is 11.6. The molecule has 0 aliphatic heterocycles. The van der Waals surface area contributed by atoms with Crippen molar-refractivity contribution < 1.29 is 8.63 Å². The Bertz CT molecular complexity index is 1530. The third-order valence-corrected chi connectivity index (χ3v) is 14.0. The van der Waals surface area contributed by atoms with E-state index in [1.165, 1.54) is 0 Å². The molecule has 0 aliphatic carbocycles. The maximum atomic E-state index is 12.1. The Balaban J connectivity index is 1.64. The van der Waals surface area contributed by atoms with Crippen LogP contribution in [0, 0.1) is 0 Å². The summed E-state index contributed by atoms with van der Waals surface area (Å²) in [4.78, 5) is 14.5. The van der Waals surface area contributed by atoms with E-state index >= 15 is 0 Å². The summed E-state index contributed by atoms with van der Waals surface area (Å²) in [7, 11) is -3.32. The van der Waals surface area contributed by atoms with Crippen LogP contribution in [0.5, 0.6) is 0 Å². The fraction of sp³-hybridized carbons (Fsp3) is 0.484. The summed E-state index contributed by atoms with van der Waals surface area (Å²) in [6, 6.07) is 12.2. The Kier molecular flexibility index (Phi) is 9.28. The van der Waals surface area contributed by atoms with Crippen LogP contribution in [0.1, 0.15) is 78.1 Å². The van der Waals surface area contributed by atoms with Gasteiger partial charge in [-0.1, -0.05) is 52.3 Å². The summed E-state index contributed by atoms with van der Waals surface area (Å²) in [5.74, 6) is 0.859. The lowest BCUT2D eigenvalue weighted by Crippen LogP contribution is -2.40. The van der Waals surface area contributed by atoms with Crippen molar-refractivity contribution in [1.82, 2.24) is 24.7 Å². The number of pyridine rings is 1. The fourth-order valence-electron chi connectivity index (χ4n) is 4.59. The third-order valence-electron chi connectivity index (χ3n) is 8.25. The molecule has 0 bridgehead atoms. The minimum atomic E-state index is -1.89. The van der Waals surface area contributed by atoms with Gasteiger partial charge in [0.05, 0.1) is 57.3 Å². The SMILES string of the molecule is CCC[C@@H](CC(C)(C)S(N)=O)c1cncc(-c2ccc3cnn(-c4cccc(CO[Si](C)(C)C(C)(C)C)n4)c3c2)n1. The smallest absolute Gasteiger partial charge is 0.192 e. The normalized spacial score (nSPS) is 14.4. The third kappa shape index (κ3) is 7.17. The minimum absolute atomic E-state index is 0.115. The van der Waals surface area contributed by atoms with Crippen molar-refractivity contribution in [3.8, 4) is 17.1 Å². The first-order valence-corrected chi connectivity index (χ1v) is 18.4. The van der Waals surface area contributed by atoms with E-state index in [4.69, 9.17) is 19.5 Å². The van der Waals surface area contributed by atoms with Gasteiger partial charge in [-0.2, -0.15) is 5.10 Å². The van der Waals surface area contributed by atoms with Gasteiger partial charge in [0, 0.05) is 23.1 Å². The van der Waals surface area contributed by atoms with Crippen molar-refractivity contribution in [1.29, 1.82) is 0 Å². The van der Waals surface area contributed by atoms with Crippen molar-refractivity contribution in [2.75, 3.05) is 0 Å². The molecule has 10 heteroatoms. The molecule has 0 aliphatic rings. The van der Waals surface area contributed by atoms with E-state index < -0.39 is 24.1 Å². The van der Waals surface area contributed by atoms with Gasteiger partial charge in [0.25, 0.3) is 0 Å². The molecule has 1 unspecified atom stereocenters. The molecule has 0 radical (unpaired) electrons. The highest BCUT2D eigenvalue weighted by Crippen LogP contribution is 2.37. The van der Waals surface area contributed by atoms with E-state index in [0.717, 1.165) is 52.2 Å². The van der Waals surface area contributed by atoms with Crippen LogP contribution in [0.2, 0.25) is 18.1 Å². The predicted molar refractivity (Wildman–Crippen MR) is 171 cm³/mol. The molecular formula is C31H44N6O2SSi. The summed E-state index contributed by atoms with van der Waals surface area (Å²) in [5.41, 5.74) is 4.45. The molecule has 8 nitrogen and oxygen atoms in total. The van der Waals surface area contributed by atoms with Gasteiger partial charge >= 0.3 is 0 Å². The molecule has 3 heterocycles. The van der Waals surface area contributed by atoms with Gasteiger partial charge in [0.15, 0.2) is 14.1 Å². The Hall–Kier alpha value is -2.79. The van der Waals surface area contributed by atoms with E-state index in [0.29, 0.717) is 13.0 Å². The quantitative estimate of drug-likeness (QED) is 0.187. The lowest BCUT2D eigenvalue weighted by molar-refractivity contribution is 0.272. The molecule has 0 amide bonds. The van der Waals surface area contributed by atoms with Crippen LogP contribution >= 0.6 is 0 Å². The summed E-state index contributed by atoms with van der Waals surface area (Å²) < 4.78 is 19.9. The maximum Gasteiger partial charge on any atom is 0.192 e. The van der Waals surface area contributed by atoms with E-state index in [2.05, 4.69) is 63.0 Å². The van der Waals surface area contributed by atoms with Crippen molar-refractivity contribution >= 4 is 30.2 Å². The number of hydrogen-bond donors (Lipinski definition) is 1. The molecule has 2 N–H and O–H groups in total. The van der Waals surface area contributed by atoms with Gasteiger partial charge in [0.1, 0.15) is 0 Å². The summed E-state index contributed by atoms with van der Waals surface area (Å²) >= 11 is 0. The highest BCUT2D eigenvalue weighted by atomic mass is 32.2. The highest BCUT2D eigenvalue weighted by molar-refractivity contribution is 7.84. The molecule has 41 heavy (non-hydrogen) atoms. The van der Waals surface area contributed by atoms with E-state index in [-0.39, 0.29) is 11.0 Å². The van der Waals surface area contributed by atoms with E-state index in [1.54, 1.807) is 6.20 Å². The zero-order valence-electron chi connectivity index (χ0n) is 25.6. The Morgan fingerprint density at radius 3 is 2.49 bits per heavy atom. The number of fused-ring (bicyclic) bond motifs is 1. The first-order valence-electron chi connectivity index (χ1n) is 14.3. The van der Waals surface area contributed by atoms with E-state index in [9.17, 15) is 4.21 Å². The average Bonchev–Trinajstić information content (AvgIpc) is 3.34. The highest BCUT2D eigenvalue weighted by Gasteiger charge is 2.37. The van der Waals surface area contributed by atoms with Gasteiger partial charge in [-0.05, 0) is 63.0 Å². The van der Waals surface area contributed by atoms with Gasteiger partial charge in [-0.15, -0.1) is 0 Å².